The van der Waals surface area contributed by atoms with E-state index in [9.17, 15) is 33.6 Å². The number of esters is 4. The van der Waals surface area contributed by atoms with E-state index < -0.39 is 23.9 Å². The molecule has 16 heteroatoms. The fourth-order valence-electron chi connectivity index (χ4n) is 4.75. The van der Waals surface area contributed by atoms with Crippen LogP contribution in [0, 0.1) is 23.7 Å². The van der Waals surface area contributed by atoms with Crippen LogP contribution >= 0.6 is 0 Å². The van der Waals surface area contributed by atoms with Crippen LogP contribution in [-0.2, 0) is 52.5 Å². The second kappa shape index (κ2) is 26.8. The Morgan fingerprint density at radius 3 is 1.20 bits per heavy atom. The number of carbonyl (C=O) groups is 7. The van der Waals surface area contributed by atoms with Crippen molar-refractivity contribution < 1.29 is 52.5 Å². The number of carbonyl (C=O) groups excluding carboxylic acids is 7. The number of nitrogens with zero attached hydrogens (tertiary/aromatic N) is 4. The molecule has 0 saturated carbocycles. The lowest BCUT2D eigenvalue weighted by Crippen LogP contribution is -2.47. The Morgan fingerprint density at radius 2 is 0.870 bits per heavy atom. The Labute approximate surface area is 321 Å². The summed E-state index contributed by atoms with van der Waals surface area (Å²) in [6.45, 7) is 16.9. The third-order valence-corrected chi connectivity index (χ3v) is 7.58. The quantitative estimate of drug-likeness (QED) is 0.0501. The number of nitrogens with one attached hydrogen (secondary N) is 1. The minimum atomic E-state index is -0.497. The molecule has 0 aromatic rings. The maximum absolute atomic E-state index is 13.2. The first-order chi connectivity index (χ1) is 25.4. The molecule has 0 aliphatic carbocycles. The van der Waals surface area contributed by atoms with Gasteiger partial charge in [0.05, 0.1) is 59.2 Å². The first kappa shape index (κ1) is 48.1. The van der Waals surface area contributed by atoms with Gasteiger partial charge in [0.1, 0.15) is 0 Å². The van der Waals surface area contributed by atoms with Gasteiger partial charge in [-0.2, -0.15) is 0 Å². The summed E-state index contributed by atoms with van der Waals surface area (Å²) < 4.78 is 21.5. The van der Waals surface area contributed by atoms with Gasteiger partial charge in [-0.3, -0.25) is 53.2 Å². The van der Waals surface area contributed by atoms with E-state index in [-0.39, 0.29) is 133 Å². The Hall–Kier alpha value is -3.89. The van der Waals surface area contributed by atoms with Gasteiger partial charge >= 0.3 is 23.9 Å². The zero-order valence-electron chi connectivity index (χ0n) is 33.8. The molecule has 1 heterocycles. The second-order valence-electron chi connectivity index (χ2n) is 15.2. The lowest BCUT2D eigenvalue weighted by atomic mass is 10.2. The number of amides is 3. The topological polar surface area (TPSA) is 181 Å². The van der Waals surface area contributed by atoms with E-state index in [2.05, 4.69) is 5.32 Å². The average Bonchev–Trinajstić information content (AvgIpc) is 3.41. The monoisotopic (exact) mass is 767 g/mol. The van der Waals surface area contributed by atoms with Crippen molar-refractivity contribution in [2.75, 3.05) is 98.4 Å². The molecule has 0 bridgehead atoms. The minimum absolute atomic E-state index is 0.0696. The normalized spacial score (nSPS) is 13.0. The lowest BCUT2D eigenvalue weighted by molar-refractivity contribution is -0.151. The summed E-state index contributed by atoms with van der Waals surface area (Å²) in [4.78, 5) is 93.7. The molecule has 0 fully saturated rings. The molecule has 308 valence electrons. The van der Waals surface area contributed by atoms with Gasteiger partial charge in [0.25, 0.3) is 11.8 Å². The van der Waals surface area contributed by atoms with Crippen molar-refractivity contribution in [1.29, 1.82) is 0 Å². The summed E-state index contributed by atoms with van der Waals surface area (Å²) in [6, 6.07) is 0. The van der Waals surface area contributed by atoms with Gasteiger partial charge in [0.2, 0.25) is 5.91 Å². The molecule has 54 heavy (non-hydrogen) atoms. The lowest BCUT2D eigenvalue weighted by Gasteiger charge is -2.29. The fourth-order valence-corrected chi connectivity index (χ4v) is 4.75. The van der Waals surface area contributed by atoms with Gasteiger partial charge in [-0.1, -0.05) is 55.4 Å². The summed E-state index contributed by atoms with van der Waals surface area (Å²) in [6.07, 6.45) is 3.49. The third-order valence-electron chi connectivity index (χ3n) is 7.58. The van der Waals surface area contributed by atoms with Crippen LogP contribution in [0.1, 0.15) is 68.2 Å². The predicted molar refractivity (Wildman–Crippen MR) is 201 cm³/mol. The van der Waals surface area contributed by atoms with Gasteiger partial charge in [-0.15, -0.1) is 0 Å². The van der Waals surface area contributed by atoms with Crippen LogP contribution in [0.25, 0.3) is 0 Å². The maximum atomic E-state index is 13.2. The second-order valence-corrected chi connectivity index (χ2v) is 15.2. The zero-order valence-corrected chi connectivity index (χ0v) is 33.8. The number of unbranched alkanes of at least 4 members (excludes halogenated alkanes) is 1. The molecule has 1 aliphatic heterocycles. The van der Waals surface area contributed by atoms with Crippen molar-refractivity contribution >= 4 is 41.6 Å². The smallest absolute Gasteiger partial charge is 0.320 e. The van der Waals surface area contributed by atoms with Crippen molar-refractivity contribution in [1.82, 2.24) is 24.9 Å². The zero-order chi connectivity index (χ0) is 40.6. The van der Waals surface area contributed by atoms with Crippen LogP contribution in [-0.4, -0.2) is 160 Å². The maximum Gasteiger partial charge on any atom is 0.320 e. The summed E-state index contributed by atoms with van der Waals surface area (Å²) >= 11 is 0. The molecule has 0 atom stereocenters. The van der Waals surface area contributed by atoms with Crippen LogP contribution in [0.3, 0.4) is 0 Å². The Morgan fingerprint density at radius 1 is 0.537 bits per heavy atom. The van der Waals surface area contributed by atoms with E-state index in [1.807, 2.05) is 55.4 Å². The van der Waals surface area contributed by atoms with Crippen LogP contribution in [0.5, 0.6) is 0 Å². The van der Waals surface area contributed by atoms with Crippen molar-refractivity contribution in [3.8, 4) is 0 Å². The van der Waals surface area contributed by atoms with Gasteiger partial charge in [0.15, 0.2) is 0 Å². The molecular weight excluding hydrogens is 702 g/mol. The number of imide groups is 1. The summed E-state index contributed by atoms with van der Waals surface area (Å²) in [5.74, 6) is -2.49. The van der Waals surface area contributed by atoms with Crippen molar-refractivity contribution in [3.05, 3.63) is 12.2 Å². The van der Waals surface area contributed by atoms with E-state index >= 15 is 0 Å². The summed E-state index contributed by atoms with van der Waals surface area (Å²) in [5, 5.41) is 2.87. The van der Waals surface area contributed by atoms with Crippen molar-refractivity contribution in [2.24, 2.45) is 23.7 Å². The van der Waals surface area contributed by atoms with Crippen LogP contribution in [0.15, 0.2) is 12.2 Å². The fraction of sp³-hybridized carbons (Fsp3) is 0.763. The highest BCUT2D eigenvalue weighted by molar-refractivity contribution is 6.12. The third kappa shape index (κ3) is 23.7. The number of hydrogen-bond donors (Lipinski definition) is 1. The molecule has 0 unspecified atom stereocenters. The van der Waals surface area contributed by atoms with Gasteiger partial charge < -0.3 is 24.3 Å². The summed E-state index contributed by atoms with van der Waals surface area (Å²) in [7, 11) is 0. The van der Waals surface area contributed by atoms with E-state index in [0.29, 0.717) is 19.4 Å². The highest BCUT2D eigenvalue weighted by Gasteiger charge is 2.24. The molecule has 3 amide bonds. The molecule has 1 rings (SSSR count). The number of hydrogen-bond acceptors (Lipinski definition) is 14. The highest BCUT2D eigenvalue weighted by Crippen LogP contribution is 2.06. The molecule has 0 saturated heterocycles. The average molecular weight is 768 g/mol. The van der Waals surface area contributed by atoms with E-state index in [1.54, 1.807) is 14.7 Å². The molecule has 0 aromatic carbocycles. The highest BCUT2D eigenvalue weighted by atomic mass is 16.5. The Bertz CT molecular complexity index is 1110. The molecule has 16 nitrogen and oxygen atoms in total. The van der Waals surface area contributed by atoms with Gasteiger partial charge in [-0.05, 0) is 36.5 Å². The molecule has 1 aliphatic rings. The Kier molecular flexibility index (Phi) is 23.9. The Balaban J connectivity index is 3.07. The summed E-state index contributed by atoms with van der Waals surface area (Å²) in [5.41, 5.74) is 0. The molecule has 1 N–H and O–H groups in total. The molecule has 0 spiro atoms. The minimum Gasteiger partial charge on any atom is -0.464 e. The molecular formula is C38H65N5O11. The first-order valence-corrected chi connectivity index (χ1v) is 19.0. The standard InChI is InChI=1S/C38H65N5O11/c1-28(2)24-51-35(47)20-41(21-36(48)52-25-29(3)4)17-15-40(19-32(44)39-13-9-10-14-43-33(45)11-12-34(43)46)16-18-42(22-37(49)53-26-30(5)6)23-38(50)54-27-31(7)8/h11-12,28-31H,9-10,13-27H2,1-8H3,(H,39,44). The van der Waals surface area contributed by atoms with Crippen LogP contribution in [0.4, 0.5) is 0 Å². The molecule has 0 radical (unpaired) electrons. The van der Waals surface area contributed by atoms with Gasteiger partial charge in [0, 0.05) is 51.4 Å². The SMILES string of the molecule is CC(C)COC(=O)CN(CCN(CCN(CC(=O)OCC(C)C)CC(=O)OCC(C)C)CC(=O)NCCCCN1C(=O)C=CC1=O)CC(=O)OCC(C)C. The van der Waals surface area contributed by atoms with Crippen LogP contribution in [0.2, 0.25) is 0 Å². The number of rotatable bonds is 29. The predicted octanol–water partition coefficient (Wildman–Crippen LogP) is 1.51. The van der Waals surface area contributed by atoms with Crippen LogP contribution < -0.4 is 5.32 Å². The van der Waals surface area contributed by atoms with E-state index in [0.717, 1.165) is 4.90 Å². The van der Waals surface area contributed by atoms with Crippen molar-refractivity contribution in [2.45, 2.75) is 68.2 Å². The van der Waals surface area contributed by atoms with Gasteiger partial charge in [-0.25, -0.2) is 0 Å². The van der Waals surface area contributed by atoms with Crippen molar-refractivity contribution in [3.63, 3.8) is 0 Å². The largest absolute Gasteiger partial charge is 0.464 e. The molecule has 0 aromatic heterocycles. The first-order valence-electron chi connectivity index (χ1n) is 19.0. The van der Waals surface area contributed by atoms with E-state index in [1.165, 1.54) is 12.2 Å². The number of ether oxygens (including phenoxy) is 4. The van der Waals surface area contributed by atoms with E-state index in [4.69, 9.17) is 18.9 Å².